The van der Waals surface area contributed by atoms with Gasteiger partial charge in [-0.2, -0.15) is 5.10 Å². The SMILES string of the molecule is CN1CCN(c2cncc3[nH]c(-c4n[nH]c5ccc(-c6cnccn6)cc45)cc23)CC1. The number of fused-ring (bicyclic) bond motifs is 2. The number of hydrogen-bond acceptors (Lipinski definition) is 6. The Kier molecular flexibility index (Phi) is 4.17. The summed E-state index contributed by atoms with van der Waals surface area (Å²) in [4.78, 5) is 21.4. The van der Waals surface area contributed by atoms with Gasteiger partial charge in [0.15, 0.2) is 0 Å². The summed E-state index contributed by atoms with van der Waals surface area (Å²) >= 11 is 0. The second-order valence-electron chi connectivity index (χ2n) is 8.02. The molecule has 8 nitrogen and oxygen atoms in total. The van der Waals surface area contributed by atoms with Crippen LogP contribution in [-0.2, 0) is 0 Å². The number of piperazine rings is 1. The number of benzene rings is 1. The van der Waals surface area contributed by atoms with E-state index in [0.717, 1.165) is 65.2 Å². The molecule has 1 aliphatic rings. The van der Waals surface area contributed by atoms with E-state index in [1.807, 2.05) is 24.5 Å². The smallest absolute Gasteiger partial charge is 0.116 e. The van der Waals surface area contributed by atoms with Gasteiger partial charge in [-0.25, -0.2) is 0 Å². The van der Waals surface area contributed by atoms with E-state index >= 15 is 0 Å². The first kappa shape index (κ1) is 18.0. The quantitative estimate of drug-likeness (QED) is 0.474. The largest absolute Gasteiger partial charge is 0.367 e. The van der Waals surface area contributed by atoms with Gasteiger partial charge >= 0.3 is 0 Å². The van der Waals surface area contributed by atoms with Crippen LogP contribution < -0.4 is 4.90 Å². The molecule has 0 atom stereocenters. The Morgan fingerprint density at radius 2 is 1.77 bits per heavy atom. The summed E-state index contributed by atoms with van der Waals surface area (Å²) in [5.41, 5.74) is 6.90. The molecular weight excluding hydrogens is 388 g/mol. The molecule has 0 saturated carbocycles. The van der Waals surface area contributed by atoms with E-state index in [4.69, 9.17) is 0 Å². The Bertz CT molecular complexity index is 1360. The average molecular weight is 410 g/mol. The molecule has 0 amide bonds. The van der Waals surface area contributed by atoms with Crippen molar-refractivity contribution in [3.05, 3.63) is 55.2 Å². The first-order chi connectivity index (χ1) is 15.3. The Morgan fingerprint density at radius 3 is 2.61 bits per heavy atom. The normalized spacial score (nSPS) is 15.2. The number of pyridine rings is 1. The number of H-pyrrole nitrogens is 2. The minimum absolute atomic E-state index is 0.842. The van der Waals surface area contributed by atoms with Crippen molar-refractivity contribution in [2.45, 2.75) is 0 Å². The molecule has 0 bridgehead atoms. The number of nitrogens with one attached hydrogen (secondary N) is 2. The van der Waals surface area contributed by atoms with Crippen LogP contribution in [0.5, 0.6) is 0 Å². The summed E-state index contributed by atoms with van der Waals surface area (Å²) in [7, 11) is 2.17. The van der Waals surface area contributed by atoms with Crippen LogP contribution in [0.15, 0.2) is 55.2 Å². The highest BCUT2D eigenvalue weighted by Crippen LogP contribution is 2.34. The summed E-state index contributed by atoms with van der Waals surface area (Å²) in [6.07, 6.45) is 9.03. The molecule has 154 valence electrons. The molecule has 0 radical (unpaired) electrons. The number of hydrogen-bond donors (Lipinski definition) is 2. The molecule has 1 saturated heterocycles. The zero-order valence-corrected chi connectivity index (χ0v) is 17.2. The zero-order chi connectivity index (χ0) is 20.8. The molecule has 5 aromatic rings. The molecular formula is C23H22N8. The second kappa shape index (κ2) is 7.17. The first-order valence-electron chi connectivity index (χ1n) is 10.4. The fourth-order valence-electron chi connectivity index (χ4n) is 4.29. The van der Waals surface area contributed by atoms with Crippen molar-refractivity contribution in [1.29, 1.82) is 0 Å². The van der Waals surface area contributed by atoms with Crippen molar-refractivity contribution in [3.63, 3.8) is 0 Å². The van der Waals surface area contributed by atoms with Crippen LogP contribution in [0.3, 0.4) is 0 Å². The van der Waals surface area contributed by atoms with Gasteiger partial charge in [0.25, 0.3) is 0 Å². The molecule has 0 unspecified atom stereocenters. The number of aromatic nitrogens is 6. The van der Waals surface area contributed by atoms with E-state index in [0.29, 0.717) is 0 Å². The molecule has 0 spiro atoms. The van der Waals surface area contributed by atoms with Crippen molar-refractivity contribution in [2.24, 2.45) is 0 Å². The van der Waals surface area contributed by atoms with Gasteiger partial charge in [0, 0.05) is 54.9 Å². The molecule has 0 aliphatic carbocycles. The van der Waals surface area contributed by atoms with E-state index in [-0.39, 0.29) is 0 Å². The highest BCUT2D eigenvalue weighted by atomic mass is 15.3. The van der Waals surface area contributed by atoms with E-state index in [9.17, 15) is 0 Å². The van der Waals surface area contributed by atoms with Gasteiger partial charge in [0.05, 0.1) is 46.7 Å². The second-order valence-corrected chi connectivity index (χ2v) is 8.02. The summed E-state index contributed by atoms with van der Waals surface area (Å²) in [5, 5.41) is 9.99. The van der Waals surface area contributed by atoms with Crippen LogP contribution in [0.1, 0.15) is 0 Å². The molecule has 31 heavy (non-hydrogen) atoms. The Labute approximate surface area is 179 Å². The van der Waals surface area contributed by atoms with Gasteiger partial charge in [0.2, 0.25) is 0 Å². The number of aromatic amines is 2. The fraction of sp³-hybridized carbons (Fsp3) is 0.217. The molecule has 6 rings (SSSR count). The van der Waals surface area contributed by atoms with Crippen molar-refractivity contribution < 1.29 is 0 Å². The maximum Gasteiger partial charge on any atom is 0.116 e. The lowest BCUT2D eigenvalue weighted by Gasteiger charge is -2.34. The lowest BCUT2D eigenvalue weighted by Crippen LogP contribution is -2.44. The molecule has 1 aliphatic heterocycles. The lowest BCUT2D eigenvalue weighted by atomic mass is 10.1. The van der Waals surface area contributed by atoms with Crippen molar-refractivity contribution >= 4 is 27.5 Å². The number of nitrogens with zero attached hydrogens (tertiary/aromatic N) is 6. The van der Waals surface area contributed by atoms with Gasteiger partial charge in [-0.15, -0.1) is 0 Å². The van der Waals surface area contributed by atoms with E-state index in [2.05, 4.69) is 59.1 Å². The minimum atomic E-state index is 0.842. The topological polar surface area (TPSA) is 89.6 Å². The number of anilines is 1. The van der Waals surface area contributed by atoms with Gasteiger partial charge in [-0.3, -0.25) is 20.1 Å². The van der Waals surface area contributed by atoms with Crippen LogP contribution in [-0.4, -0.2) is 68.3 Å². The molecule has 2 N–H and O–H groups in total. The monoisotopic (exact) mass is 410 g/mol. The maximum absolute atomic E-state index is 4.61. The number of likely N-dealkylation sites (N-methyl/N-ethyl adjacent to an activating group) is 1. The summed E-state index contributed by atoms with van der Waals surface area (Å²) in [5.74, 6) is 0. The van der Waals surface area contributed by atoms with Crippen LogP contribution in [0.2, 0.25) is 0 Å². The molecule has 5 heterocycles. The third kappa shape index (κ3) is 3.12. The van der Waals surface area contributed by atoms with Crippen LogP contribution >= 0.6 is 0 Å². The molecule has 8 heteroatoms. The molecule has 1 aromatic carbocycles. The van der Waals surface area contributed by atoms with Gasteiger partial charge in [0.1, 0.15) is 5.69 Å². The highest BCUT2D eigenvalue weighted by molar-refractivity contribution is 6.00. The predicted octanol–water partition coefficient (Wildman–Crippen LogP) is 3.32. The maximum atomic E-state index is 4.61. The number of rotatable bonds is 3. The first-order valence-corrected chi connectivity index (χ1v) is 10.4. The fourth-order valence-corrected chi connectivity index (χ4v) is 4.29. The highest BCUT2D eigenvalue weighted by Gasteiger charge is 2.19. The minimum Gasteiger partial charge on any atom is -0.367 e. The van der Waals surface area contributed by atoms with Gasteiger partial charge in [-0.05, 0) is 25.2 Å². The summed E-state index contributed by atoms with van der Waals surface area (Å²) in [6, 6.07) is 8.38. The van der Waals surface area contributed by atoms with Crippen molar-refractivity contribution in [2.75, 3.05) is 38.1 Å². The van der Waals surface area contributed by atoms with Gasteiger partial charge < -0.3 is 14.8 Å². The Morgan fingerprint density at radius 1 is 0.871 bits per heavy atom. The van der Waals surface area contributed by atoms with Crippen LogP contribution in [0, 0.1) is 0 Å². The van der Waals surface area contributed by atoms with Crippen molar-refractivity contribution in [1.82, 2.24) is 35.0 Å². The zero-order valence-electron chi connectivity index (χ0n) is 17.2. The third-order valence-corrected chi connectivity index (χ3v) is 6.05. The predicted molar refractivity (Wildman–Crippen MR) is 122 cm³/mol. The Hall–Kier alpha value is -3.78. The standard InChI is InChI=1S/C23H22N8/c1-30-6-8-31(9-7-30)22-14-25-13-21-16(22)11-19(27-21)23-17-10-15(2-3-18(17)28-29-23)20-12-24-4-5-26-20/h2-5,10-14,27H,6-9H2,1H3,(H,28,29). The third-order valence-electron chi connectivity index (χ3n) is 6.05. The van der Waals surface area contributed by atoms with E-state index in [1.165, 1.54) is 11.1 Å². The summed E-state index contributed by atoms with van der Waals surface area (Å²) in [6.45, 7) is 4.13. The molecule has 1 fully saturated rings. The van der Waals surface area contributed by atoms with Gasteiger partial charge in [-0.1, -0.05) is 6.07 Å². The van der Waals surface area contributed by atoms with Crippen LogP contribution in [0.25, 0.3) is 44.5 Å². The molecule has 4 aromatic heterocycles. The lowest BCUT2D eigenvalue weighted by molar-refractivity contribution is 0.313. The van der Waals surface area contributed by atoms with Crippen molar-refractivity contribution in [3.8, 4) is 22.6 Å². The Balaban J connectivity index is 1.44. The van der Waals surface area contributed by atoms with Crippen LogP contribution in [0.4, 0.5) is 5.69 Å². The average Bonchev–Trinajstić information content (AvgIpc) is 3.43. The summed E-state index contributed by atoms with van der Waals surface area (Å²) < 4.78 is 0. The van der Waals surface area contributed by atoms with E-state index in [1.54, 1.807) is 18.6 Å². The van der Waals surface area contributed by atoms with E-state index < -0.39 is 0 Å².